The lowest BCUT2D eigenvalue weighted by Gasteiger charge is -2.32. The van der Waals surface area contributed by atoms with E-state index in [1.165, 1.54) is 0 Å². The fraction of sp³-hybridized carbons (Fsp3) is 0.333. The van der Waals surface area contributed by atoms with Crippen LogP contribution in [0.3, 0.4) is 0 Å². The first-order valence-electron chi connectivity index (χ1n) is 7.28. The predicted molar refractivity (Wildman–Crippen MR) is 82.0 cm³/mol. The van der Waals surface area contributed by atoms with Crippen LogP contribution in [0.15, 0.2) is 24.8 Å². The summed E-state index contributed by atoms with van der Waals surface area (Å²) in [5.41, 5.74) is 1.35. The highest BCUT2D eigenvalue weighted by molar-refractivity contribution is 5.87. The van der Waals surface area contributed by atoms with Gasteiger partial charge in [-0.1, -0.05) is 0 Å². The van der Waals surface area contributed by atoms with Crippen molar-refractivity contribution in [2.24, 2.45) is 0 Å². The minimum atomic E-state index is 0.308. The average molecular weight is 296 g/mol. The molecule has 22 heavy (non-hydrogen) atoms. The highest BCUT2D eigenvalue weighted by Gasteiger charge is 2.25. The van der Waals surface area contributed by atoms with Crippen molar-refractivity contribution < 1.29 is 4.79 Å². The molecule has 1 unspecified atom stereocenters. The van der Waals surface area contributed by atoms with E-state index in [-0.39, 0.29) is 0 Å². The molecule has 3 aromatic rings. The van der Waals surface area contributed by atoms with Crippen LogP contribution in [0.25, 0.3) is 11.0 Å². The van der Waals surface area contributed by atoms with Crippen LogP contribution in [0.1, 0.15) is 22.7 Å². The fourth-order valence-electron chi connectivity index (χ4n) is 3.13. The van der Waals surface area contributed by atoms with Crippen molar-refractivity contribution in [3.63, 3.8) is 0 Å². The molecule has 7 heteroatoms. The largest absolute Gasteiger partial charge is 0.356 e. The standard InChI is InChI=1S/C15H16N6O/c1-20(15-12-2-4-16-14(12)17-9-18-15)11-3-5-21-7-10(8-22)19-13(21)6-11/h2,4,7-9,11H,3,5-6H2,1H3,(H,16,17,18). The summed E-state index contributed by atoms with van der Waals surface area (Å²) in [4.78, 5) is 29.2. The fourth-order valence-corrected chi connectivity index (χ4v) is 3.13. The van der Waals surface area contributed by atoms with Crippen molar-refractivity contribution >= 4 is 23.1 Å². The monoisotopic (exact) mass is 296 g/mol. The SMILES string of the molecule is CN(c1ncnc2[nH]ccc12)C1CCn2cc(C=O)nc2C1. The molecule has 0 amide bonds. The van der Waals surface area contributed by atoms with Crippen molar-refractivity contribution in [3.8, 4) is 0 Å². The maximum absolute atomic E-state index is 10.9. The molecule has 4 rings (SSSR count). The molecule has 0 radical (unpaired) electrons. The molecule has 1 aliphatic heterocycles. The van der Waals surface area contributed by atoms with Crippen LogP contribution in [-0.4, -0.2) is 43.9 Å². The predicted octanol–water partition coefficient (Wildman–Crippen LogP) is 1.42. The molecular weight excluding hydrogens is 280 g/mol. The number of carbonyl (C=O) groups is 1. The zero-order valence-electron chi connectivity index (χ0n) is 12.2. The van der Waals surface area contributed by atoms with Gasteiger partial charge < -0.3 is 14.5 Å². The van der Waals surface area contributed by atoms with E-state index in [9.17, 15) is 4.79 Å². The number of nitrogens with zero attached hydrogens (tertiary/aromatic N) is 5. The first kappa shape index (κ1) is 13.0. The molecule has 0 fully saturated rings. The molecule has 3 aromatic heterocycles. The number of aldehydes is 1. The lowest BCUT2D eigenvalue weighted by Crippen LogP contribution is -2.38. The van der Waals surface area contributed by atoms with E-state index >= 15 is 0 Å². The quantitative estimate of drug-likeness (QED) is 0.739. The van der Waals surface area contributed by atoms with E-state index in [1.807, 2.05) is 18.5 Å². The second-order valence-corrected chi connectivity index (χ2v) is 5.59. The number of rotatable bonds is 3. The van der Waals surface area contributed by atoms with Gasteiger partial charge >= 0.3 is 0 Å². The summed E-state index contributed by atoms with van der Waals surface area (Å²) >= 11 is 0. The number of aromatic nitrogens is 5. The van der Waals surface area contributed by atoms with E-state index in [2.05, 4.69) is 36.5 Å². The van der Waals surface area contributed by atoms with Crippen molar-refractivity contribution in [1.82, 2.24) is 24.5 Å². The van der Waals surface area contributed by atoms with Crippen LogP contribution in [0.2, 0.25) is 0 Å². The number of aromatic amines is 1. The topological polar surface area (TPSA) is 79.7 Å². The van der Waals surface area contributed by atoms with Gasteiger partial charge in [-0.15, -0.1) is 0 Å². The molecule has 1 atom stereocenters. The number of hydrogen-bond donors (Lipinski definition) is 1. The molecule has 0 aliphatic carbocycles. The van der Waals surface area contributed by atoms with Gasteiger partial charge in [0.1, 0.15) is 29.3 Å². The number of likely N-dealkylation sites (N-methyl/N-ethyl adjacent to an activating group) is 1. The lowest BCUT2D eigenvalue weighted by atomic mass is 10.0. The minimum Gasteiger partial charge on any atom is -0.356 e. The van der Waals surface area contributed by atoms with E-state index < -0.39 is 0 Å². The summed E-state index contributed by atoms with van der Waals surface area (Å²) in [5, 5.41) is 1.02. The van der Waals surface area contributed by atoms with Crippen LogP contribution in [0.4, 0.5) is 5.82 Å². The second-order valence-electron chi connectivity index (χ2n) is 5.59. The van der Waals surface area contributed by atoms with E-state index in [1.54, 1.807) is 6.33 Å². The van der Waals surface area contributed by atoms with Gasteiger partial charge in [0.2, 0.25) is 0 Å². The van der Waals surface area contributed by atoms with Crippen molar-refractivity contribution in [2.45, 2.75) is 25.4 Å². The van der Waals surface area contributed by atoms with Gasteiger partial charge in [-0.25, -0.2) is 15.0 Å². The zero-order chi connectivity index (χ0) is 15.1. The Kier molecular flexibility index (Phi) is 2.92. The van der Waals surface area contributed by atoms with Crippen LogP contribution >= 0.6 is 0 Å². The number of anilines is 1. The molecular formula is C15H16N6O. The maximum atomic E-state index is 10.9. The van der Waals surface area contributed by atoms with Crippen LogP contribution in [0, 0.1) is 0 Å². The van der Waals surface area contributed by atoms with Gasteiger partial charge in [0.15, 0.2) is 6.29 Å². The second kappa shape index (κ2) is 4.94. The molecule has 0 saturated carbocycles. The van der Waals surface area contributed by atoms with Gasteiger partial charge in [-0.2, -0.15) is 0 Å². The van der Waals surface area contributed by atoms with E-state index in [0.29, 0.717) is 11.7 Å². The third-order valence-electron chi connectivity index (χ3n) is 4.33. The van der Waals surface area contributed by atoms with Crippen LogP contribution in [-0.2, 0) is 13.0 Å². The van der Waals surface area contributed by atoms with Gasteiger partial charge in [0.25, 0.3) is 0 Å². The number of hydrogen-bond acceptors (Lipinski definition) is 5. The van der Waals surface area contributed by atoms with Gasteiger partial charge in [-0.05, 0) is 12.5 Å². The van der Waals surface area contributed by atoms with Gasteiger partial charge in [-0.3, -0.25) is 4.79 Å². The summed E-state index contributed by atoms with van der Waals surface area (Å²) in [5.74, 6) is 1.89. The Morgan fingerprint density at radius 3 is 3.23 bits per heavy atom. The molecule has 112 valence electrons. The van der Waals surface area contributed by atoms with Gasteiger partial charge in [0.05, 0.1) is 5.39 Å². The number of imidazole rings is 1. The maximum Gasteiger partial charge on any atom is 0.170 e. The Hall–Kier alpha value is -2.70. The lowest BCUT2D eigenvalue weighted by molar-refractivity contribution is 0.111. The summed E-state index contributed by atoms with van der Waals surface area (Å²) < 4.78 is 2.07. The Balaban J connectivity index is 1.65. The summed E-state index contributed by atoms with van der Waals surface area (Å²) in [6.07, 6.45) is 7.89. The normalized spacial score (nSPS) is 17.4. The minimum absolute atomic E-state index is 0.308. The Labute approximate surface area is 127 Å². The number of aryl methyl sites for hydroxylation is 1. The Morgan fingerprint density at radius 1 is 1.45 bits per heavy atom. The molecule has 1 N–H and O–H groups in total. The summed E-state index contributed by atoms with van der Waals surface area (Å²) in [7, 11) is 2.05. The number of fused-ring (bicyclic) bond motifs is 2. The molecule has 4 heterocycles. The molecule has 0 aromatic carbocycles. The summed E-state index contributed by atoms with van der Waals surface area (Å²) in [6, 6.07) is 2.30. The molecule has 1 aliphatic rings. The average Bonchev–Trinajstić information content (AvgIpc) is 3.18. The number of carbonyl (C=O) groups excluding carboxylic acids is 1. The summed E-state index contributed by atoms with van der Waals surface area (Å²) in [6.45, 7) is 0.868. The first-order valence-corrected chi connectivity index (χ1v) is 7.28. The molecule has 0 saturated heterocycles. The third-order valence-corrected chi connectivity index (χ3v) is 4.33. The van der Waals surface area contributed by atoms with Crippen LogP contribution < -0.4 is 4.90 Å². The highest BCUT2D eigenvalue weighted by Crippen LogP contribution is 2.26. The molecule has 0 spiro atoms. The number of H-pyrrole nitrogens is 1. The Morgan fingerprint density at radius 2 is 2.36 bits per heavy atom. The van der Waals surface area contributed by atoms with Crippen molar-refractivity contribution in [2.75, 3.05) is 11.9 Å². The number of nitrogens with one attached hydrogen (secondary N) is 1. The van der Waals surface area contributed by atoms with Crippen molar-refractivity contribution in [3.05, 3.63) is 36.3 Å². The zero-order valence-corrected chi connectivity index (χ0v) is 12.2. The first-order chi connectivity index (χ1) is 10.8. The van der Waals surface area contributed by atoms with Gasteiger partial charge in [0, 0.05) is 38.4 Å². The van der Waals surface area contributed by atoms with E-state index in [4.69, 9.17) is 0 Å². The third kappa shape index (κ3) is 1.97. The van der Waals surface area contributed by atoms with Crippen LogP contribution in [0.5, 0.6) is 0 Å². The van der Waals surface area contributed by atoms with Crippen molar-refractivity contribution in [1.29, 1.82) is 0 Å². The molecule has 0 bridgehead atoms. The smallest absolute Gasteiger partial charge is 0.170 e. The highest BCUT2D eigenvalue weighted by atomic mass is 16.1. The Bertz CT molecular complexity index is 836. The molecule has 7 nitrogen and oxygen atoms in total. The van der Waals surface area contributed by atoms with E-state index in [0.717, 1.165) is 48.3 Å².